The van der Waals surface area contributed by atoms with E-state index in [2.05, 4.69) is 6.07 Å². The van der Waals surface area contributed by atoms with Crippen LogP contribution in [0.3, 0.4) is 0 Å². The molecule has 3 aromatic carbocycles. The largest absolute Gasteiger partial charge is 0.391 e. The minimum absolute atomic E-state index is 0.0464. The molecule has 0 spiro atoms. The quantitative estimate of drug-likeness (QED) is 0.454. The lowest BCUT2D eigenvalue weighted by atomic mass is 9.67. The van der Waals surface area contributed by atoms with Crippen LogP contribution in [0.5, 0.6) is 0 Å². The van der Waals surface area contributed by atoms with E-state index in [1.165, 1.54) is 0 Å². The first kappa shape index (κ1) is 20.6. The van der Waals surface area contributed by atoms with Crippen LogP contribution in [0.4, 0.5) is 0 Å². The summed E-state index contributed by atoms with van der Waals surface area (Å²) in [5.41, 5.74) is 1.63. The molecule has 1 heterocycles. The number of rotatable bonds is 5. The van der Waals surface area contributed by atoms with Gasteiger partial charge >= 0.3 is 0 Å². The molecule has 0 saturated carbocycles. The third kappa shape index (κ3) is 3.62. The van der Waals surface area contributed by atoms with Gasteiger partial charge in [-0.1, -0.05) is 84.9 Å². The molecule has 152 valence electrons. The number of carbonyl (C=O) groups excluding carboxylic acids is 2. The Morgan fingerprint density at radius 1 is 0.833 bits per heavy atom. The van der Waals surface area contributed by atoms with Crippen LogP contribution in [0.25, 0.3) is 0 Å². The van der Waals surface area contributed by atoms with Gasteiger partial charge in [0.25, 0.3) is 0 Å². The Bertz CT molecular complexity index is 995. The molecule has 1 N–H and O–H groups in total. The van der Waals surface area contributed by atoms with Crippen LogP contribution in [-0.4, -0.2) is 28.5 Å². The molecule has 4 rings (SSSR count). The zero-order valence-electron chi connectivity index (χ0n) is 16.8. The lowest BCUT2D eigenvalue weighted by Gasteiger charge is -2.42. The highest BCUT2D eigenvalue weighted by atomic mass is 32.2. The van der Waals surface area contributed by atoms with Gasteiger partial charge in [-0.3, -0.25) is 9.59 Å². The summed E-state index contributed by atoms with van der Waals surface area (Å²) >= 11 is 1.61. The molecule has 4 heteroatoms. The molecule has 1 aliphatic heterocycles. The van der Waals surface area contributed by atoms with E-state index in [9.17, 15) is 14.7 Å². The second-order valence-electron chi connectivity index (χ2n) is 7.76. The second-order valence-corrected chi connectivity index (χ2v) is 9.00. The van der Waals surface area contributed by atoms with Gasteiger partial charge in [0.15, 0.2) is 11.6 Å². The summed E-state index contributed by atoms with van der Waals surface area (Å²) in [5, 5.41) is 11.1. The Morgan fingerprint density at radius 2 is 1.33 bits per heavy atom. The first-order valence-corrected chi connectivity index (χ1v) is 11.1. The summed E-state index contributed by atoms with van der Waals surface area (Å²) in [6.07, 6.45) is -0.784. The molecular formula is C26H24O3S. The van der Waals surface area contributed by atoms with Crippen LogP contribution in [0.1, 0.15) is 43.5 Å². The van der Waals surface area contributed by atoms with Crippen molar-refractivity contribution in [1.82, 2.24) is 0 Å². The number of aliphatic hydroxyl groups excluding tert-OH is 1. The molecule has 3 aromatic rings. The molecule has 1 saturated heterocycles. The number of hydrogen-bond donors (Lipinski definition) is 1. The van der Waals surface area contributed by atoms with Gasteiger partial charge in [-0.05, 0) is 24.5 Å². The molecule has 0 amide bonds. The SMILES string of the molecule is Cc1ccccc1[C@H]1CC(C(=O)c2ccccc2)(C(=O)c2ccccc2)[C@@H](O)CS1. The molecule has 30 heavy (non-hydrogen) atoms. The van der Waals surface area contributed by atoms with Crippen molar-refractivity contribution >= 4 is 23.3 Å². The van der Waals surface area contributed by atoms with Gasteiger partial charge in [0.05, 0.1) is 6.10 Å². The molecule has 2 atom stereocenters. The Hall–Kier alpha value is -2.69. The predicted octanol–water partition coefficient (Wildman–Crippen LogP) is 5.29. The third-order valence-corrected chi connectivity index (χ3v) is 7.28. The minimum Gasteiger partial charge on any atom is -0.391 e. The number of aliphatic hydroxyl groups is 1. The maximum atomic E-state index is 13.8. The van der Waals surface area contributed by atoms with E-state index >= 15 is 0 Å². The van der Waals surface area contributed by atoms with Crippen LogP contribution in [-0.2, 0) is 0 Å². The molecule has 0 aromatic heterocycles. The second kappa shape index (κ2) is 8.58. The van der Waals surface area contributed by atoms with E-state index in [0.29, 0.717) is 16.9 Å². The van der Waals surface area contributed by atoms with Gasteiger partial charge in [0, 0.05) is 22.1 Å². The van der Waals surface area contributed by atoms with Crippen molar-refractivity contribution < 1.29 is 14.7 Å². The van der Waals surface area contributed by atoms with Crippen LogP contribution in [0.15, 0.2) is 84.9 Å². The van der Waals surface area contributed by atoms with Gasteiger partial charge in [0.1, 0.15) is 5.41 Å². The zero-order chi connectivity index (χ0) is 21.1. The maximum Gasteiger partial charge on any atom is 0.179 e. The third-order valence-electron chi connectivity index (χ3n) is 5.95. The Kier molecular flexibility index (Phi) is 5.89. The summed E-state index contributed by atoms with van der Waals surface area (Å²) in [6, 6.07) is 25.8. The van der Waals surface area contributed by atoms with Crippen LogP contribution >= 0.6 is 11.8 Å². The summed E-state index contributed by atoms with van der Waals surface area (Å²) < 4.78 is 0. The Labute approximate surface area is 181 Å². The molecule has 1 aliphatic rings. The van der Waals surface area contributed by atoms with Gasteiger partial charge in [-0.2, -0.15) is 11.8 Å². The van der Waals surface area contributed by atoms with E-state index in [4.69, 9.17) is 0 Å². The topological polar surface area (TPSA) is 54.4 Å². The van der Waals surface area contributed by atoms with Crippen LogP contribution in [0.2, 0.25) is 0 Å². The fraction of sp³-hybridized carbons (Fsp3) is 0.231. The summed E-state index contributed by atoms with van der Waals surface area (Å²) in [7, 11) is 0. The predicted molar refractivity (Wildman–Crippen MR) is 121 cm³/mol. The molecule has 0 radical (unpaired) electrons. The standard InChI is InChI=1S/C26H24O3S/c1-18-10-8-9-15-21(18)22-16-26(23(27)17-30-22,24(28)19-11-4-2-5-12-19)25(29)20-13-6-3-7-14-20/h2-15,22-23,27H,16-17H2,1H3/t22-,23+/m1/s1. The van der Waals surface area contributed by atoms with Gasteiger partial charge in [-0.25, -0.2) is 0 Å². The van der Waals surface area contributed by atoms with E-state index in [1.54, 1.807) is 60.3 Å². The number of carbonyl (C=O) groups is 2. The van der Waals surface area contributed by atoms with Crippen LogP contribution < -0.4 is 0 Å². The molecule has 1 fully saturated rings. The number of thioether (sulfide) groups is 1. The van der Waals surface area contributed by atoms with E-state index < -0.39 is 11.5 Å². The van der Waals surface area contributed by atoms with E-state index in [-0.39, 0.29) is 23.2 Å². The number of Topliss-reactive ketones (excluding diaryl/α,β-unsaturated/α-hetero) is 2. The monoisotopic (exact) mass is 416 g/mol. The average Bonchev–Trinajstić information content (AvgIpc) is 2.80. The van der Waals surface area contributed by atoms with Gasteiger partial charge in [0.2, 0.25) is 0 Å². The highest BCUT2D eigenvalue weighted by Crippen LogP contribution is 2.51. The first-order valence-electron chi connectivity index (χ1n) is 10.1. The Balaban J connectivity index is 1.84. The molecule has 0 aliphatic carbocycles. The normalized spacial score (nSPS) is 20.5. The minimum atomic E-state index is -1.51. The van der Waals surface area contributed by atoms with Crippen molar-refractivity contribution in [3.8, 4) is 0 Å². The molecular weight excluding hydrogens is 392 g/mol. The first-order chi connectivity index (χ1) is 14.5. The maximum absolute atomic E-state index is 13.8. The zero-order valence-corrected chi connectivity index (χ0v) is 17.6. The Morgan fingerprint density at radius 3 is 1.87 bits per heavy atom. The number of hydrogen-bond acceptors (Lipinski definition) is 4. The average molecular weight is 417 g/mol. The lowest BCUT2D eigenvalue weighted by molar-refractivity contribution is 0.0266. The smallest absolute Gasteiger partial charge is 0.179 e. The van der Waals surface area contributed by atoms with Crippen molar-refractivity contribution in [3.05, 3.63) is 107 Å². The highest BCUT2D eigenvalue weighted by Gasteiger charge is 2.55. The van der Waals surface area contributed by atoms with Crippen molar-refractivity contribution in [3.63, 3.8) is 0 Å². The van der Waals surface area contributed by atoms with Gasteiger partial charge < -0.3 is 5.11 Å². The number of benzene rings is 3. The summed E-state index contributed by atoms with van der Waals surface area (Å²) in [4.78, 5) is 27.6. The number of aryl methyl sites for hydroxylation is 1. The highest BCUT2D eigenvalue weighted by molar-refractivity contribution is 7.99. The molecule has 0 bridgehead atoms. The van der Waals surface area contributed by atoms with Crippen molar-refractivity contribution in [2.24, 2.45) is 5.41 Å². The number of ketones is 2. The lowest BCUT2D eigenvalue weighted by Crippen LogP contribution is -2.53. The van der Waals surface area contributed by atoms with E-state index in [1.807, 2.05) is 37.3 Å². The van der Waals surface area contributed by atoms with Crippen molar-refractivity contribution in [2.75, 3.05) is 5.75 Å². The summed E-state index contributed by atoms with van der Waals surface area (Å²) in [5.74, 6) is -0.275. The fourth-order valence-electron chi connectivity index (χ4n) is 4.27. The van der Waals surface area contributed by atoms with E-state index in [0.717, 1.165) is 11.1 Å². The summed E-state index contributed by atoms with van der Waals surface area (Å²) in [6.45, 7) is 2.04. The fourth-order valence-corrected chi connectivity index (χ4v) is 5.79. The molecule has 0 unspecified atom stereocenters. The molecule has 3 nitrogen and oxygen atoms in total. The van der Waals surface area contributed by atoms with Crippen LogP contribution in [0, 0.1) is 12.3 Å². The van der Waals surface area contributed by atoms with Gasteiger partial charge in [-0.15, -0.1) is 0 Å². The van der Waals surface area contributed by atoms with Crippen molar-refractivity contribution in [1.29, 1.82) is 0 Å². The van der Waals surface area contributed by atoms with Crippen molar-refractivity contribution in [2.45, 2.75) is 24.7 Å².